The highest BCUT2D eigenvalue weighted by atomic mass is 32.2. The lowest BCUT2D eigenvalue weighted by atomic mass is 10.1. The van der Waals surface area contributed by atoms with E-state index < -0.39 is 6.17 Å². The molecule has 0 spiro atoms. The second-order valence-corrected chi connectivity index (χ2v) is 11.0. The quantitative estimate of drug-likeness (QED) is 0.611. The minimum absolute atomic E-state index is 0.0888. The molecule has 1 unspecified atom stereocenters. The van der Waals surface area contributed by atoms with E-state index in [4.69, 9.17) is 14.3 Å². The summed E-state index contributed by atoms with van der Waals surface area (Å²) in [5, 5.41) is 7.45. The maximum absolute atomic E-state index is 14.4. The van der Waals surface area contributed by atoms with Gasteiger partial charge in [0.1, 0.15) is 12.0 Å². The van der Waals surface area contributed by atoms with Crippen LogP contribution in [0.4, 0.5) is 16.2 Å². The third-order valence-electron chi connectivity index (χ3n) is 6.55. The lowest BCUT2D eigenvalue weighted by Gasteiger charge is -2.23. The predicted octanol–water partition coefficient (Wildman–Crippen LogP) is 4.00. The number of fused-ring (bicyclic) bond motifs is 2. The molecule has 3 aromatic rings. The number of halogens is 1. The predicted molar refractivity (Wildman–Crippen MR) is 133 cm³/mol. The third kappa shape index (κ3) is 4.34. The highest BCUT2D eigenvalue weighted by Gasteiger charge is 2.29. The molecule has 1 saturated heterocycles. The van der Waals surface area contributed by atoms with Crippen LogP contribution in [0.5, 0.6) is 0 Å². The number of aryl methyl sites for hydroxylation is 1. The molecule has 1 saturated carbocycles. The van der Waals surface area contributed by atoms with E-state index in [1.165, 1.54) is 23.3 Å². The first-order chi connectivity index (χ1) is 16.1. The van der Waals surface area contributed by atoms with Crippen molar-refractivity contribution in [3.05, 3.63) is 53.6 Å². The molecule has 172 valence electrons. The molecule has 2 N–H and O–H groups in total. The Balaban J connectivity index is 1.39. The first-order valence-electron chi connectivity index (χ1n) is 11.8. The average molecular weight is 465 g/mol. The van der Waals surface area contributed by atoms with Gasteiger partial charge in [-0.3, -0.25) is 4.36 Å². The van der Waals surface area contributed by atoms with Gasteiger partial charge in [-0.1, -0.05) is 40.5 Å². The monoisotopic (exact) mass is 464 g/mol. The van der Waals surface area contributed by atoms with Gasteiger partial charge < -0.3 is 15.5 Å². The maximum Gasteiger partial charge on any atom is 0.228 e. The zero-order valence-corrected chi connectivity index (χ0v) is 19.6. The fourth-order valence-corrected chi connectivity index (χ4v) is 6.61. The van der Waals surface area contributed by atoms with E-state index in [-0.39, 0.29) is 16.7 Å². The largest absolute Gasteiger partial charge is 0.362 e. The third-order valence-corrected chi connectivity index (χ3v) is 8.58. The van der Waals surface area contributed by atoms with Crippen LogP contribution in [0.2, 0.25) is 0 Å². The number of hydrogen-bond acceptors (Lipinski definition) is 6. The summed E-state index contributed by atoms with van der Waals surface area (Å²) in [6.07, 6.45) is 1.52. The van der Waals surface area contributed by atoms with E-state index in [1.54, 1.807) is 0 Å². The number of benzene rings is 2. The van der Waals surface area contributed by atoms with Gasteiger partial charge in [0.25, 0.3) is 0 Å². The van der Waals surface area contributed by atoms with Gasteiger partial charge in [0.15, 0.2) is 0 Å². The minimum atomic E-state index is -0.931. The van der Waals surface area contributed by atoms with E-state index in [1.807, 2.05) is 6.07 Å². The summed E-state index contributed by atoms with van der Waals surface area (Å²) in [6, 6.07) is 15.1. The van der Waals surface area contributed by atoms with E-state index in [0.29, 0.717) is 30.9 Å². The standard InChI is InChI=1S/C25H29FN6S/c1-16-6-9-21-19(12-16)24(28-22-14-27-13-20(22)26)30-25(29-21)32-10-11-33(31-18-7-8-18)23-5-3-2-4-17(23)15-32/h2-6,9,12,18,20,22,27H,7-8,10-11,13-15H2,1H3,(H,28,29,30)/t20-,22+,33?/m1/s1. The smallest absolute Gasteiger partial charge is 0.228 e. The lowest BCUT2D eigenvalue weighted by molar-refractivity contribution is 0.342. The first kappa shape index (κ1) is 21.0. The Labute approximate surface area is 196 Å². The zero-order valence-electron chi connectivity index (χ0n) is 18.8. The summed E-state index contributed by atoms with van der Waals surface area (Å²) in [6.45, 7) is 4.63. The molecule has 2 aliphatic heterocycles. The molecule has 6 nitrogen and oxygen atoms in total. The fourth-order valence-electron chi connectivity index (χ4n) is 4.54. The summed E-state index contributed by atoms with van der Waals surface area (Å²) in [5.74, 6) is 2.39. The molecule has 0 radical (unpaired) electrons. The molecule has 2 aromatic carbocycles. The lowest BCUT2D eigenvalue weighted by Crippen LogP contribution is -2.31. The van der Waals surface area contributed by atoms with Crippen molar-refractivity contribution >= 4 is 33.4 Å². The zero-order chi connectivity index (χ0) is 22.4. The Morgan fingerprint density at radius 1 is 1.15 bits per heavy atom. The van der Waals surface area contributed by atoms with E-state index in [9.17, 15) is 4.39 Å². The Morgan fingerprint density at radius 2 is 2.03 bits per heavy atom. The van der Waals surface area contributed by atoms with Gasteiger partial charge in [0.05, 0.1) is 17.6 Å². The molecule has 0 amide bonds. The van der Waals surface area contributed by atoms with Crippen molar-refractivity contribution in [3.8, 4) is 0 Å². The van der Waals surface area contributed by atoms with Gasteiger partial charge in [-0.2, -0.15) is 4.98 Å². The van der Waals surface area contributed by atoms with Crippen LogP contribution in [0.3, 0.4) is 0 Å². The first-order valence-corrected chi connectivity index (χ1v) is 13.1. The summed E-state index contributed by atoms with van der Waals surface area (Å²) >= 11 is 0. The van der Waals surface area contributed by atoms with Crippen molar-refractivity contribution in [1.82, 2.24) is 15.3 Å². The van der Waals surface area contributed by atoms with Gasteiger partial charge >= 0.3 is 0 Å². The van der Waals surface area contributed by atoms with Crippen LogP contribution in [-0.2, 0) is 17.2 Å². The molecule has 1 aliphatic carbocycles. The van der Waals surface area contributed by atoms with E-state index >= 15 is 0 Å². The number of nitrogens with zero attached hydrogens (tertiary/aromatic N) is 4. The molecule has 8 heteroatoms. The number of alkyl halides is 1. The van der Waals surface area contributed by atoms with Crippen molar-refractivity contribution in [2.24, 2.45) is 4.36 Å². The number of aromatic nitrogens is 2. The van der Waals surface area contributed by atoms with Crippen LogP contribution < -0.4 is 15.5 Å². The molecule has 33 heavy (non-hydrogen) atoms. The molecule has 3 atom stereocenters. The van der Waals surface area contributed by atoms with Gasteiger partial charge in [0.2, 0.25) is 5.95 Å². The van der Waals surface area contributed by atoms with Crippen LogP contribution in [0.1, 0.15) is 24.0 Å². The van der Waals surface area contributed by atoms with Crippen LogP contribution >= 0.6 is 0 Å². The molecular weight excluding hydrogens is 435 g/mol. The van der Waals surface area contributed by atoms with Crippen LogP contribution in [0, 0.1) is 6.92 Å². The Kier molecular flexibility index (Phi) is 5.50. The fraction of sp³-hybridized carbons (Fsp3) is 0.440. The second kappa shape index (κ2) is 8.65. The molecule has 2 fully saturated rings. The summed E-state index contributed by atoms with van der Waals surface area (Å²) in [4.78, 5) is 13.5. The van der Waals surface area contributed by atoms with E-state index in [2.05, 4.69) is 58.9 Å². The van der Waals surface area contributed by atoms with Crippen molar-refractivity contribution in [2.45, 2.75) is 49.5 Å². The Bertz CT molecular complexity index is 1230. The maximum atomic E-state index is 14.4. The number of nitrogens with one attached hydrogen (secondary N) is 2. The van der Waals surface area contributed by atoms with Gasteiger partial charge in [0, 0.05) is 42.2 Å². The van der Waals surface area contributed by atoms with Crippen LogP contribution in [0.25, 0.3) is 10.9 Å². The minimum Gasteiger partial charge on any atom is -0.362 e. The molecular formula is C25H29FN6S. The van der Waals surface area contributed by atoms with Crippen LogP contribution in [-0.4, -0.2) is 53.6 Å². The van der Waals surface area contributed by atoms with Gasteiger partial charge in [-0.05, 0) is 43.5 Å². The van der Waals surface area contributed by atoms with Gasteiger partial charge in [-0.15, -0.1) is 0 Å². The summed E-state index contributed by atoms with van der Waals surface area (Å²) in [7, 11) is -0.0888. The molecule has 0 bridgehead atoms. The number of anilines is 2. The van der Waals surface area contributed by atoms with Crippen molar-refractivity contribution < 1.29 is 4.39 Å². The van der Waals surface area contributed by atoms with E-state index in [0.717, 1.165) is 35.3 Å². The van der Waals surface area contributed by atoms with Gasteiger partial charge in [-0.25, -0.2) is 9.37 Å². The molecule has 6 rings (SSSR count). The van der Waals surface area contributed by atoms with Crippen molar-refractivity contribution in [3.63, 3.8) is 0 Å². The summed E-state index contributed by atoms with van der Waals surface area (Å²) < 4.78 is 19.5. The number of hydrogen-bond donors (Lipinski definition) is 2. The average Bonchev–Trinajstić information content (AvgIpc) is 3.59. The SMILES string of the molecule is Cc1ccc2nc(N3CCS(=NC4CC4)c4ccccc4C3)nc(N[C@H]3CNC[C@H]3F)c2c1. The Hall–Kier alpha value is -2.58. The normalized spacial score (nSPS) is 25.3. The topological polar surface area (TPSA) is 65.4 Å². The summed E-state index contributed by atoms with van der Waals surface area (Å²) in [5.41, 5.74) is 3.32. The molecule has 3 heterocycles. The van der Waals surface area contributed by atoms with Crippen molar-refractivity contribution in [2.75, 3.05) is 35.6 Å². The molecule has 1 aromatic heterocycles. The number of rotatable bonds is 4. The second-order valence-electron chi connectivity index (χ2n) is 9.25. The van der Waals surface area contributed by atoms with Crippen LogP contribution in [0.15, 0.2) is 51.7 Å². The van der Waals surface area contributed by atoms with Crippen molar-refractivity contribution in [1.29, 1.82) is 0 Å². The highest BCUT2D eigenvalue weighted by molar-refractivity contribution is 7.87. The Morgan fingerprint density at radius 3 is 2.85 bits per heavy atom. The highest BCUT2D eigenvalue weighted by Crippen LogP contribution is 2.31. The molecule has 3 aliphatic rings.